The van der Waals surface area contributed by atoms with Crippen molar-refractivity contribution in [3.8, 4) is 0 Å². The van der Waals surface area contributed by atoms with Gasteiger partial charge in [0.25, 0.3) is 5.56 Å². The first-order chi connectivity index (χ1) is 8.75. The summed E-state index contributed by atoms with van der Waals surface area (Å²) in [5, 5.41) is 0.0667. The predicted molar refractivity (Wildman–Crippen MR) is 68.1 cm³/mol. The summed E-state index contributed by atoms with van der Waals surface area (Å²) in [6.45, 7) is 0. The molecule has 3 rings (SSSR count). The second-order valence-electron chi connectivity index (χ2n) is 4.92. The molecule has 0 aliphatic heterocycles. The van der Waals surface area contributed by atoms with Crippen molar-refractivity contribution >= 4 is 10.9 Å². The van der Waals surface area contributed by atoms with Gasteiger partial charge in [0.2, 0.25) is 0 Å². The van der Waals surface area contributed by atoms with Crippen LogP contribution in [0.25, 0.3) is 10.9 Å². The Morgan fingerprint density at radius 1 is 1.22 bits per heavy atom. The van der Waals surface area contributed by atoms with Gasteiger partial charge < -0.3 is 4.98 Å². The number of H-pyrrole nitrogens is 1. The first-order valence-corrected chi connectivity index (χ1v) is 6.44. The lowest BCUT2D eigenvalue weighted by Crippen LogP contribution is -2.17. The molecule has 1 heterocycles. The summed E-state index contributed by atoms with van der Waals surface area (Å²) in [6.07, 6.45) is 5.72. The normalized spacial score (nSPS) is 17.2. The Morgan fingerprint density at radius 3 is 2.78 bits per heavy atom. The van der Waals surface area contributed by atoms with Gasteiger partial charge in [-0.25, -0.2) is 9.37 Å². The van der Waals surface area contributed by atoms with Gasteiger partial charge in [-0.15, -0.1) is 0 Å². The first kappa shape index (κ1) is 11.4. The van der Waals surface area contributed by atoms with Gasteiger partial charge in [0.05, 0.1) is 5.52 Å². The monoisotopic (exact) mass is 246 g/mol. The van der Waals surface area contributed by atoms with Crippen molar-refractivity contribution in [2.45, 2.75) is 38.0 Å². The van der Waals surface area contributed by atoms with Crippen LogP contribution in [-0.2, 0) is 0 Å². The average molecular weight is 246 g/mol. The molecule has 1 fully saturated rings. The van der Waals surface area contributed by atoms with E-state index >= 15 is 0 Å². The Balaban J connectivity index is 2.12. The van der Waals surface area contributed by atoms with Crippen molar-refractivity contribution in [3.63, 3.8) is 0 Å². The maximum Gasteiger partial charge on any atom is 0.261 e. The molecule has 0 radical (unpaired) electrons. The third kappa shape index (κ3) is 1.92. The highest BCUT2D eigenvalue weighted by atomic mass is 19.1. The van der Waals surface area contributed by atoms with E-state index in [-0.39, 0.29) is 10.9 Å². The minimum absolute atomic E-state index is 0.0667. The fraction of sp³-hybridized carbons (Fsp3) is 0.429. The Hall–Kier alpha value is -1.71. The zero-order valence-electron chi connectivity index (χ0n) is 10.1. The van der Waals surface area contributed by atoms with E-state index in [1.165, 1.54) is 25.3 Å². The minimum Gasteiger partial charge on any atom is -0.310 e. The summed E-state index contributed by atoms with van der Waals surface area (Å²) < 4.78 is 13.6. The summed E-state index contributed by atoms with van der Waals surface area (Å²) in [6, 6.07) is 4.58. The number of nitrogens with zero attached hydrogens (tertiary/aromatic N) is 1. The minimum atomic E-state index is -0.503. The molecule has 1 aliphatic rings. The number of hydrogen-bond donors (Lipinski definition) is 1. The number of aromatic amines is 1. The van der Waals surface area contributed by atoms with Gasteiger partial charge in [-0.3, -0.25) is 4.79 Å². The Kier molecular flexibility index (Phi) is 2.86. The number of halogens is 1. The fourth-order valence-electron chi connectivity index (χ4n) is 2.74. The predicted octanol–water partition coefficient (Wildman–Crippen LogP) is 3.11. The van der Waals surface area contributed by atoms with Gasteiger partial charge in [0.1, 0.15) is 17.0 Å². The molecule has 0 unspecified atom stereocenters. The van der Waals surface area contributed by atoms with Crippen molar-refractivity contribution in [2.24, 2.45) is 0 Å². The molecule has 1 aromatic carbocycles. The third-order valence-electron chi connectivity index (χ3n) is 3.69. The molecule has 0 atom stereocenters. The van der Waals surface area contributed by atoms with Crippen LogP contribution < -0.4 is 5.56 Å². The lowest BCUT2D eigenvalue weighted by atomic mass is 9.88. The molecule has 0 bridgehead atoms. The zero-order valence-corrected chi connectivity index (χ0v) is 10.1. The van der Waals surface area contributed by atoms with Crippen LogP contribution in [0.15, 0.2) is 23.0 Å². The highest BCUT2D eigenvalue weighted by Crippen LogP contribution is 2.30. The van der Waals surface area contributed by atoms with Gasteiger partial charge in [-0.05, 0) is 25.0 Å². The van der Waals surface area contributed by atoms with E-state index in [2.05, 4.69) is 9.97 Å². The van der Waals surface area contributed by atoms with E-state index in [0.717, 1.165) is 18.7 Å². The van der Waals surface area contributed by atoms with Crippen molar-refractivity contribution in [1.29, 1.82) is 0 Å². The van der Waals surface area contributed by atoms with Crippen LogP contribution in [0.1, 0.15) is 43.8 Å². The molecule has 1 aliphatic carbocycles. The number of hydrogen-bond acceptors (Lipinski definition) is 2. The number of nitrogens with one attached hydrogen (secondary N) is 1. The molecule has 4 heteroatoms. The van der Waals surface area contributed by atoms with Gasteiger partial charge in [0.15, 0.2) is 0 Å². The zero-order chi connectivity index (χ0) is 12.5. The SMILES string of the molecule is O=c1[nH]c(C2CCCCC2)nc2cccc(F)c12. The summed E-state index contributed by atoms with van der Waals surface area (Å²) in [5.41, 5.74) is 0.0954. The number of aromatic nitrogens is 2. The largest absolute Gasteiger partial charge is 0.310 e. The summed E-state index contributed by atoms with van der Waals surface area (Å²) >= 11 is 0. The highest BCUT2D eigenvalue weighted by Gasteiger charge is 2.19. The molecule has 1 N–H and O–H groups in total. The van der Waals surface area contributed by atoms with Crippen LogP contribution in [0.5, 0.6) is 0 Å². The quantitative estimate of drug-likeness (QED) is 0.840. The topological polar surface area (TPSA) is 45.8 Å². The maximum absolute atomic E-state index is 13.6. The number of benzene rings is 1. The van der Waals surface area contributed by atoms with Gasteiger partial charge in [-0.1, -0.05) is 25.3 Å². The summed E-state index contributed by atoms with van der Waals surface area (Å²) in [5.74, 6) is 0.536. The van der Waals surface area contributed by atoms with E-state index in [0.29, 0.717) is 11.4 Å². The first-order valence-electron chi connectivity index (χ1n) is 6.44. The molecule has 94 valence electrons. The van der Waals surface area contributed by atoms with Crippen LogP contribution in [0.4, 0.5) is 4.39 Å². The molecular formula is C14H15FN2O. The average Bonchev–Trinajstić information content (AvgIpc) is 2.39. The number of fused-ring (bicyclic) bond motifs is 1. The molecule has 1 aromatic heterocycles. The van der Waals surface area contributed by atoms with E-state index in [9.17, 15) is 9.18 Å². The van der Waals surface area contributed by atoms with Crippen LogP contribution in [-0.4, -0.2) is 9.97 Å². The summed E-state index contributed by atoms with van der Waals surface area (Å²) in [4.78, 5) is 19.1. The third-order valence-corrected chi connectivity index (χ3v) is 3.69. The van der Waals surface area contributed by atoms with Crippen molar-refractivity contribution in [3.05, 3.63) is 40.2 Å². The van der Waals surface area contributed by atoms with E-state index in [1.807, 2.05) is 0 Å². The van der Waals surface area contributed by atoms with Gasteiger partial charge >= 0.3 is 0 Å². The molecule has 2 aromatic rings. The second kappa shape index (κ2) is 4.52. The van der Waals surface area contributed by atoms with Crippen LogP contribution in [0.2, 0.25) is 0 Å². The Bertz CT molecular complexity index is 629. The second-order valence-corrected chi connectivity index (χ2v) is 4.92. The maximum atomic E-state index is 13.6. The van der Waals surface area contributed by atoms with Gasteiger partial charge in [-0.2, -0.15) is 0 Å². The van der Waals surface area contributed by atoms with Crippen LogP contribution in [0, 0.1) is 5.82 Å². The molecule has 18 heavy (non-hydrogen) atoms. The number of rotatable bonds is 1. The van der Waals surface area contributed by atoms with Crippen molar-refractivity contribution < 1.29 is 4.39 Å². The lowest BCUT2D eigenvalue weighted by Gasteiger charge is -2.20. The van der Waals surface area contributed by atoms with Crippen LogP contribution in [0.3, 0.4) is 0 Å². The summed E-state index contributed by atoms with van der Waals surface area (Å²) in [7, 11) is 0. The van der Waals surface area contributed by atoms with E-state index in [1.54, 1.807) is 12.1 Å². The Labute approximate surface area is 104 Å². The molecule has 3 nitrogen and oxygen atoms in total. The molecular weight excluding hydrogens is 231 g/mol. The standard InChI is InChI=1S/C14H15FN2O/c15-10-7-4-8-11-12(10)14(18)17-13(16-11)9-5-2-1-3-6-9/h4,7-9H,1-3,5-6H2,(H,16,17,18). The molecule has 0 amide bonds. The fourth-order valence-corrected chi connectivity index (χ4v) is 2.74. The molecule has 0 saturated heterocycles. The van der Waals surface area contributed by atoms with Crippen molar-refractivity contribution in [2.75, 3.05) is 0 Å². The molecule has 1 saturated carbocycles. The highest BCUT2D eigenvalue weighted by molar-refractivity contribution is 5.77. The lowest BCUT2D eigenvalue weighted by molar-refractivity contribution is 0.429. The van der Waals surface area contributed by atoms with E-state index < -0.39 is 5.82 Å². The van der Waals surface area contributed by atoms with Crippen molar-refractivity contribution in [1.82, 2.24) is 9.97 Å². The van der Waals surface area contributed by atoms with Crippen LogP contribution >= 0.6 is 0 Å². The molecule has 0 spiro atoms. The van der Waals surface area contributed by atoms with Gasteiger partial charge in [0, 0.05) is 5.92 Å². The smallest absolute Gasteiger partial charge is 0.261 e. The Morgan fingerprint density at radius 2 is 2.00 bits per heavy atom. The van der Waals surface area contributed by atoms with E-state index in [4.69, 9.17) is 0 Å².